The summed E-state index contributed by atoms with van der Waals surface area (Å²) in [5, 5.41) is 0. The summed E-state index contributed by atoms with van der Waals surface area (Å²) in [6.07, 6.45) is 5.55. The quantitative estimate of drug-likeness (QED) is 0.856. The second-order valence-corrected chi connectivity index (χ2v) is 6.87. The molecule has 1 saturated carbocycles. The molecule has 2 N–H and O–H groups in total. The SMILES string of the molecule is Cl.NC[C@H]1CCC[C@H]1C(=O)N(Cc1ccccc1)CC1CCCO1. The molecule has 4 nitrogen and oxygen atoms in total. The largest absolute Gasteiger partial charge is 0.376 e. The van der Waals surface area contributed by atoms with E-state index in [2.05, 4.69) is 12.1 Å². The van der Waals surface area contributed by atoms with E-state index in [1.165, 1.54) is 5.56 Å². The molecule has 0 radical (unpaired) electrons. The summed E-state index contributed by atoms with van der Waals surface area (Å²) in [4.78, 5) is 15.1. The van der Waals surface area contributed by atoms with Crippen molar-refractivity contribution in [2.24, 2.45) is 17.6 Å². The van der Waals surface area contributed by atoms with Gasteiger partial charge in [0.05, 0.1) is 6.10 Å². The van der Waals surface area contributed by atoms with Crippen molar-refractivity contribution in [3.8, 4) is 0 Å². The highest BCUT2D eigenvalue weighted by Crippen LogP contribution is 2.33. The predicted molar refractivity (Wildman–Crippen MR) is 98.0 cm³/mol. The number of ether oxygens (including phenoxy) is 1. The topological polar surface area (TPSA) is 55.6 Å². The molecule has 1 aliphatic carbocycles. The average Bonchev–Trinajstić information content (AvgIpc) is 3.25. The molecule has 3 atom stereocenters. The Balaban J connectivity index is 0.00000208. The second-order valence-electron chi connectivity index (χ2n) is 6.87. The van der Waals surface area contributed by atoms with E-state index in [0.717, 1.165) is 38.7 Å². The van der Waals surface area contributed by atoms with Crippen LogP contribution in [0.1, 0.15) is 37.7 Å². The van der Waals surface area contributed by atoms with E-state index < -0.39 is 0 Å². The fourth-order valence-electron chi connectivity index (χ4n) is 3.95. The van der Waals surface area contributed by atoms with Crippen LogP contribution in [0.3, 0.4) is 0 Å². The number of hydrogen-bond donors (Lipinski definition) is 1. The first kappa shape index (κ1) is 19.2. The molecular formula is C19H29ClN2O2. The Kier molecular flexibility index (Phi) is 7.53. The molecule has 5 heteroatoms. The van der Waals surface area contributed by atoms with E-state index in [1.807, 2.05) is 23.1 Å². The predicted octanol–water partition coefficient (Wildman–Crippen LogP) is 2.99. The molecule has 134 valence electrons. The maximum atomic E-state index is 13.1. The fraction of sp³-hybridized carbons (Fsp3) is 0.632. The van der Waals surface area contributed by atoms with Crippen molar-refractivity contribution < 1.29 is 9.53 Å². The monoisotopic (exact) mass is 352 g/mol. The Hall–Kier alpha value is -1.10. The van der Waals surface area contributed by atoms with Gasteiger partial charge < -0.3 is 15.4 Å². The van der Waals surface area contributed by atoms with E-state index >= 15 is 0 Å². The molecule has 1 aromatic carbocycles. The van der Waals surface area contributed by atoms with Gasteiger partial charge in [-0.15, -0.1) is 12.4 Å². The number of hydrogen-bond acceptors (Lipinski definition) is 3. The Morgan fingerprint density at radius 2 is 1.96 bits per heavy atom. The highest BCUT2D eigenvalue weighted by Gasteiger charge is 2.35. The van der Waals surface area contributed by atoms with Crippen LogP contribution in [0.15, 0.2) is 30.3 Å². The van der Waals surface area contributed by atoms with Gasteiger partial charge in [-0.2, -0.15) is 0 Å². The zero-order valence-electron chi connectivity index (χ0n) is 14.2. The summed E-state index contributed by atoms with van der Waals surface area (Å²) in [5.74, 6) is 0.729. The Morgan fingerprint density at radius 1 is 1.17 bits per heavy atom. The van der Waals surface area contributed by atoms with Crippen LogP contribution in [0.2, 0.25) is 0 Å². The molecular weight excluding hydrogens is 324 g/mol. The summed E-state index contributed by atoms with van der Waals surface area (Å²) in [7, 11) is 0. The lowest BCUT2D eigenvalue weighted by atomic mass is 9.94. The van der Waals surface area contributed by atoms with Crippen LogP contribution >= 0.6 is 12.4 Å². The van der Waals surface area contributed by atoms with E-state index in [1.54, 1.807) is 0 Å². The maximum Gasteiger partial charge on any atom is 0.226 e. The van der Waals surface area contributed by atoms with Gasteiger partial charge in [0.1, 0.15) is 0 Å². The maximum absolute atomic E-state index is 13.1. The third kappa shape index (κ3) is 4.71. The van der Waals surface area contributed by atoms with Crippen LogP contribution in [0.25, 0.3) is 0 Å². The van der Waals surface area contributed by atoms with Crippen molar-refractivity contribution in [1.82, 2.24) is 4.90 Å². The number of benzene rings is 1. The van der Waals surface area contributed by atoms with Gasteiger partial charge in [-0.25, -0.2) is 0 Å². The van der Waals surface area contributed by atoms with Gasteiger partial charge in [0.25, 0.3) is 0 Å². The molecule has 1 amide bonds. The van der Waals surface area contributed by atoms with E-state index in [-0.39, 0.29) is 30.3 Å². The molecule has 1 saturated heterocycles. The minimum Gasteiger partial charge on any atom is -0.376 e. The van der Waals surface area contributed by atoms with Crippen LogP contribution < -0.4 is 5.73 Å². The van der Waals surface area contributed by atoms with Crippen molar-refractivity contribution in [3.63, 3.8) is 0 Å². The van der Waals surface area contributed by atoms with Gasteiger partial charge in [0, 0.05) is 25.6 Å². The summed E-state index contributed by atoms with van der Waals surface area (Å²) in [6, 6.07) is 10.2. The first-order chi connectivity index (χ1) is 11.3. The van der Waals surface area contributed by atoms with Gasteiger partial charge in [-0.3, -0.25) is 4.79 Å². The van der Waals surface area contributed by atoms with Gasteiger partial charge in [0.2, 0.25) is 5.91 Å². The zero-order chi connectivity index (χ0) is 16.1. The average molecular weight is 353 g/mol. The minimum absolute atomic E-state index is 0. The summed E-state index contributed by atoms with van der Waals surface area (Å²) < 4.78 is 5.77. The first-order valence-corrected chi connectivity index (χ1v) is 8.92. The number of carbonyl (C=O) groups is 1. The van der Waals surface area contributed by atoms with E-state index in [0.29, 0.717) is 25.6 Å². The van der Waals surface area contributed by atoms with Gasteiger partial charge in [-0.05, 0) is 43.7 Å². The third-order valence-electron chi connectivity index (χ3n) is 5.25. The number of nitrogens with zero attached hydrogens (tertiary/aromatic N) is 1. The number of amides is 1. The Bertz CT molecular complexity index is 505. The van der Waals surface area contributed by atoms with Crippen molar-refractivity contribution in [1.29, 1.82) is 0 Å². The zero-order valence-corrected chi connectivity index (χ0v) is 15.0. The van der Waals surface area contributed by atoms with Crippen molar-refractivity contribution >= 4 is 18.3 Å². The van der Waals surface area contributed by atoms with Crippen molar-refractivity contribution in [2.45, 2.75) is 44.8 Å². The number of rotatable bonds is 6. The molecule has 1 unspecified atom stereocenters. The minimum atomic E-state index is 0. The van der Waals surface area contributed by atoms with Gasteiger partial charge in [-0.1, -0.05) is 36.8 Å². The Labute approximate surface area is 151 Å². The smallest absolute Gasteiger partial charge is 0.226 e. The lowest BCUT2D eigenvalue weighted by Crippen LogP contribution is -2.42. The molecule has 1 aromatic rings. The van der Waals surface area contributed by atoms with E-state index in [9.17, 15) is 4.79 Å². The molecule has 2 fully saturated rings. The molecule has 1 heterocycles. The van der Waals surface area contributed by atoms with Crippen LogP contribution in [0.5, 0.6) is 0 Å². The standard InChI is InChI=1S/C19H28N2O2.ClH/c20-12-16-8-4-10-18(16)19(22)21(14-17-9-5-11-23-17)13-15-6-2-1-3-7-15;/h1-3,6-7,16-18H,4-5,8-14,20H2;1H/t16-,17?,18-;/m1./s1. The van der Waals surface area contributed by atoms with E-state index in [4.69, 9.17) is 10.5 Å². The lowest BCUT2D eigenvalue weighted by Gasteiger charge is -2.30. The highest BCUT2D eigenvalue weighted by atomic mass is 35.5. The second kappa shape index (κ2) is 9.40. The fourth-order valence-corrected chi connectivity index (χ4v) is 3.95. The van der Waals surface area contributed by atoms with Gasteiger partial charge >= 0.3 is 0 Å². The lowest BCUT2D eigenvalue weighted by molar-refractivity contribution is -0.138. The Morgan fingerprint density at radius 3 is 2.62 bits per heavy atom. The van der Waals surface area contributed by atoms with Crippen molar-refractivity contribution in [2.75, 3.05) is 19.7 Å². The normalized spacial score (nSPS) is 26.1. The molecule has 1 aliphatic heterocycles. The summed E-state index contributed by atoms with van der Waals surface area (Å²) in [5.41, 5.74) is 7.06. The first-order valence-electron chi connectivity index (χ1n) is 8.92. The molecule has 3 rings (SSSR count). The number of halogens is 1. The molecule has 0 bridgehead atoms. The van der Waals surface area contributed by atoms with Crippen LogP contribution in [0, 0.1) is 11.8 Å². The van der Waals surface area contributed by atoms with Crippen LogP contribution in [-0.2, 0) is 16.1 Å². The van der Waals surface area contributed by atoms with Crippen LogP contribution in [0.4, 0.5) is 0 Å². The summed E-state index contributed by atoms with van der Waals surface area (Å²) >= 11 is 0. The van der Waals surface area contributed by atoms with Crippen LogP contribution in [-0.4, -0.2) is 36.6 Å². The van der Waals surface area contributed by atoms with Crippen molar-refractivity contribution in [3.05, 3.63) is 35.9 Å². The molecule has 2 aliphatic rings. The third-order valence-corrected chi connectivity index (χ3v) is 5.25. The number of nitrogens with two attached hydrogens (primary N) is 1. The molecule has 0 spiro atoms. The molecule has 24 heavy (non-hydrogen) atoms. The highest BCUT2D eigenvalue weighted by molar-refractivity contribution is 5.85. The van der Waals surface area contributed by atoms with Gasteiger partial charge in [0.15, 0.2) is 0 Å². The number of carbonyl (C=O) groups excluding carboxylic acids is 1. The molecule has 0 aromatic heterocycles. The summed E-state index contributed by atoms with van der Waals surface area (Å²) in [6.45, 7) is 2.83.